The van der Waals surface area contributed by atoms with E-state index < -0.39 is 0 Å². The van der Waals surface area contributed by atoms with E-state index in [1.54, 1.807) is 0 Å². The molecule has 104 valence electrons. The van der Waals surface area contributed by atoms with E-state index in [2.05, 4.69) is 17.6 Å². The molecule has 1 saturated heterocycles. The number of hydrogen-bond acceptors (Lipinski definition) is 4. The number of benzene rings is 1. The van der Waals surface area contributed by atoms with E-state index in [-0.39, 0.29) is 12.1 Å². The highest BCUT2D eigenvalue weighted by Gasteiger charge is 2.31. The van der Waals surface area contributed by atoms with Gasteiger partial charge in [0.15, 0.2) is 0 Å². The molecule has 3 rings (SSSR count). The minimum Gasteiger partial charge on any atom is -0.488 e. The smallest absolute Gasteiger partial charge is 0.123 e. The van der Waals surface area contributed by atoms with E-state index in [0.29, 0.717) is 5.92 Å². The van der Waals surface area contributed by atoms with Crippen LogP contribution in [0.3, 0.4) is 0 Å². The number of hydrazine groups is 1. The molecular formula is C15H22N2O2. The summed E-state index contributed by atoms with van der Waals surface area (Å²) >= 11 is 0. The number of hydrogen-bond donors (Lipinski definition) is 2. The molecule has 4 heteroatoms. The van der Waals surface area contributed by atoms with E-state index in [0.717, 1.165) is 44.6 Å². The third-order valence-corrected chi connectivity index (χ3v) is 4.26. The van der Waals surface area contributed by atoms with Crippen LogP contribution in [0.15, 0.2) is 24.3 Å². The first-order valence-corrected chi connectivity index (χ1v) is 7.15. The van der Waals surface area contributed by atoms with Gasteiger partial charge in [0.1, 0.15) is 11.9 Å². The van der Waals surface area contributed by atoms with Crippen LogP contribution in [0.4, 0.5) is 0 Å². The molecule has 0 bridgehead atoms. The van der Waals surface area contributed by atoms with Gasteiger partial charge in [-0.3, -0.25) is 11.3 Å². The Labute approximate surface area is 114 Å². The van der Waals surface area contributed by atoms with Crippen LogP contribution >= 0.6 is 0 Å². The van der Waals surface area contributed by atoms with Gasteiger partial charge in [0.2, 0.25) is 0 Å². The molecule has 2 aliphatic heterocycles. The van der Waals surface area contributed by atoms with Crippen LogP contribution in [0.2, 0.25) is 0 Å². The van der Waals surface area contributed by atoms with E-state index in [1.165, 1.54) is 5.56 Å². The normalized spacial score (nSPS) is 24.8. The van der Waals surface area contributed by atoms with Crippen molar-refractivity contribution in [1.29, 1.82) is 0 Å². The third-order valence-electron chi connectivity index (χ3n) is 4.26. The van der Waals surface area contributed by atoms with Crippen molar-refractivity contribution in [3.8, 4) is 5.75 Å². The van der Waals surface area contributed by atoms with Crippen molar-refractivity contribution in [1.82, 2.24) is 5.43 Å². The zero-order valence-electron chi connectivity index (χ0n) is 11.2. The number of rotatable bonds is 4. The summed E-state index contributed by atoms with van der Waals surface area (Å²) < 4.78 is 11.4. The standard InChI is InChI=1S/C15H22N2O2/c16-17-13(9-11-5-7-18-8-6-11)15-10-12-3-1-2-4-14(12)19-15/h1-4,11,13,15,17H,5-10,16H2. The molecule has 2 unspecified atom stereocenters. The minimum absolute atomic E-state index is 0.158. The third kappa shape index (κ3) is 2.91. The molecule has 0 amide bonds. The number of ether oxygens (including phenoxy) is 2. The van der Waals surface area contributed by atoms with Crippen molar-refractivity contribution in [2.24, 2.45) is 11.8 Å². The highest BCUT2D eigenvalue weighted by atomic mass is 16.5. The Bertz CT molecular complexity index is 393. The SMILES string of the molecule is NNC(CC1CCOCC1)C1Cc2ccccc2O1. The van der Waals surface area contributed by atoms with Crippen molar-refractivity contribution in [2.75, 3.05) is 13.2 Å². The van der Waals surface area contributed by atoms with Crippen LogP contribution in [0.25, 0.3) is 0 Å². The number of nitrogens with one attached hydrogen (secondary N) is 1. The lowest BCUT2D eigenvalue weighted by Crippen LogP contribution is -2.47. The topological polar surface area (TPSA) is 56.5 Å². The van der Waals surface area contributed by atoms with Crippen LogP contribution in [-0.2, 0) is 11.2 Å². The lowest BCUT2D eigenvalue weighted by molar-refractivity contribution is 0.0531. The molecular weight excluding hydrogens is 240 g/mol. The Morgan fingerprint density at radius 3 is 2.79 bits per heavy atom. The Balaban J connectivity index is 1.61. The van der Waals surface area contributed by atoms with E-state index in [4.69, 9.17) is 15.3 Å². The molecule has 1 aromatic carbocycles. The molecule has 0 radical (unpaired) electrons. The fourth-order valence-corrected chi connectivity index (χ4v) is 3.10. The summed E-state index contributed by atoms with van der Waals surface area (Å²) in [4.78, 5) is 0. The largest absolute Gasteiger partial charge is 0.488 e. The second-order valence-corrected chi connectivity index (χ2v) is 5.53. The summed E-state index contributed by atoms with van der Waals surface area (Å²) in [6.45, 7) is 1.77. The first-order chi connectivity index (χ1) is 9.36. The Kier molecular flexibility index (Phi) is 4.01. The second kappa shape index (κ2) is 5.90. The van der Waals surface area contributed by atoms with Crippen molar-refractivity contribution >= 4 is 0 Å². The lowest BCUT2D eigenvalue weighted by Gasteiger charge is -2.29. The van der Waals surface area contributed by atoms with Gasteiger partial charge >= 0.3 is 0 Å². The fraction of sp³-hybridized carbons (Fsp3) is 0.600. The molecule has 3 N–H and O–H groups in total. The zero-order chi connectivity index (χ0) is 13.1. The van der Waals surface area contributed by atoms with Crippen LogP contribution in [0.5, 0.6) is 5.75 Å². The molecule has 2 heterocycles. The van der Waals surface area contributed by atoms with Gasteiger partial charge in [0, 0.05) is 19.6 Å². The van der Waals surface area contributed by atoms with Gasteiger partial charge in [-0.1, -0.05) is 18.2 Å². The first kappa shape index (κ1) is 12.9. The van der Waals surface area contributed by atoms with Crippen molar-refractivity contribution in [3.63, 3.8) is 0 Å². The molecule has 1 aromatic rings. The van der Waals surface area contributed by atoms with Gasteiger partial charge in [-0.25, -0.2) is 0 Å². The molecule has 0 saturated carbocycles. The summed E-state index contributed by atoms with van der Waals surface area (Å²) in [6, 6.07) is 8.48. The van der Waals surface area contributed by atoms with Gasteiger partial charge in [0.25, 0.3) is 0 Å². The van der Waals surface area contributed by atoms with Crippen LogP contribution in [-0.4, -0.2) is 25.4 Å². The monoisotopic (exact) mass is 262 g/mol. The molecule has 19 heavy (non-hydrogen) atoms. The lowest BCUT2D eigenvalue weighted by atomic mass is 9.89. The van der Waals surface area contributed by atoms with Crippen molar-refractivity contribution in [2.45, 2.75) is 37.8 Å². The summed E-state index contributed by atoms with van der Waals surface area (Å²) in [5.74, 6) is 7.45. The quantitative estimate of drug-likeness (QED) is 0.640. The molecule has 2 aliphatic rings. The van der Waals surface area contributed by atoms with E-state index >= 15 is 0 Å². The molecule has 0 aromatic heterocycles. The summed E-state index contributed by atoms with van der Waals surface area (Å²) in [6.07, 6.45) is 4.45. The maximum absolute atomic E-state index is 6.03. The Morgan fingerprint density at radius 1 is 1.26 bits per heavy atom. The maximum Gasteiger partial charge on any atom is 0.123 e. The van der Waals surface area contributed by atoms with Crippen LogP contribution in [0, 0.1) is 5.92 Å². The average Bonchev–Trinajstić information content (AvgIpc) is 2.89. The van der Waals surface area contributed by atoms with Crippen molar-refractivity contribution in [3.05, 3.63) is 29.8 Å². The van der Waals surface area contributed by atoms with Gasteiger partial charge in [-0.2, -0.15) is 0 Å². The zero-order valence-corrected chi connectivity index (χ0v) is 11.2. The first-order valence-electron chi connectivity index (χ1n) is 7.15. The van der Waals surface area contributed by atoms with E-state index in [9.17, 15) is 0 Å². The minimum atomic E-state index is 0.158. The molecule has 0 aliphatic carbocycles. The van der Waals surface area contributed by atoms with E-state index in [1.807, 2.05) is 12.1 Å². The van der Waals surface area contributed by atoms with Crippen LogP contribution in [0.1, 0.15) is 24.8 Å². The fourth-order valence-electron chi connectivity index (χ4n) is 3.10. The average molecular weight is 262 g/mol. The predicted octanol–water partition coefficient (Wildman–Crippen LogP) is 1.64. The molecule has 4 nitrogen and oxygen atoms in total. The summed E-state index contributed by atoms with van der Waals surface area (Å²) in [5, 5.41) is 0. The molecule has 0 spiro atoms. The predicted molar refractivity (Wildman–Crippen MR) is 73.8 cm³/mol. The van der Waals surface area contributed by atoms with Gasteiger partial charge in [0.05, 0.1) is 6.04 Å². The Hall–Kier alpha value is -1.10. The molecule has 1 fully saturated rings. The highest BCUT2D eigenvalue weighted by molar-refractivity contribution is 5.37. The number of nitrogens with two attached hydrogens (primary N) is 1. The molecule has 2 atom stereocenters. The summed E-state index contributed by atoms with van der Waals surface area (Å²) in [7, 11) is 0. The van der Waals surface area contributed by atoms with Gasteiger partial charge in [-0.15, -0.1) is 0 Å². The number of fused-ring (bicyclic) bond motifs is 1. The highest BCUT2D eigenvalue weighted by Crippen LogP contribution is 2.31. The van der Waals surface area contributed by atoms with Crippen molar-refractivity contribution < 1.29 is 9.47 Å². The number of para-hydroxylation sites is 1. The van der Waals surface area contributed by atoms with Gasteiger partial charge < -0.3 is 9.47 Å². The maximum atomic E-state index is 6.03. The second-order valence-electron chi connectivity index (χ2n) is 5.53. The summed E-state index contributed by atoms with van der Waals surface area (Å²) in [5.41, 5.74) is 4.25. The van der Waals surface area contributed by atoms with Crippen LogP contribution < -0.4 is 16.0 Å². The van der Waals surface area contributed by atoms with Gasteiger partial charge in [-0.05, 0) is 36.8 Å². The Morgan fingerprint density at radius 2 is 2.05 bits per heavy atom.